The molecule has 0 amide bonds. The largest absolute Gasteiger partial charge is 0.855 e. The molecule has 0 aliphatic carbocycles. The molecule has 6 N–H and O–H groups in total. The van der Waals surface area contributed by atoms with E-state index in [1.807, 2.05) is 58.2 Å². The number of carboxylic acids is 1. The lowest BCUT2D eigenvalue weighted by Crippen LogP contribution is -2.74. The van der Waals surface area contributed by atoms with Gasteiger partial charge in [0.15, 0.2) is 0 Å². The zero-order valence-electron chi connectivity index (χ0n) is 14.3. The fraction of sp³-hybridized carbons (Fsp3) is 0.917. The van der Waals surface area contributed by atoms with E-state index in [9.17, 15) is 0 Å². The average Bonchev–Trinajstić information content (AvgIpc) is 2.21. The van der Waals surface area contributed by atoms with Crippen LogP contribution in [0.2, 0.25) is 0 Å². The van der Waals surface area contributed by atoms with Gasteiger partial charge >= 0.3 is 0 Å². The highest BCUT2D eigenvalue weighted by Crippen LogP contribution is 1.31. The van der Waals surface area contributed by atoms with Crippen molar-refractivity contribution in [1.29, 1.82) is 0 Å². The van der Waals surface area contributed by atoms with Gasteiger partial charge in [0.25, 0.3) is 0 Å². The molecule has 0 aromatic rings. The number of quaternary nitrogens is 3. The van der Waals surface area contributed by atoms with Crippen LogP contribution in [0.1, 0.15) is 20.8 Å². The molecular formula is C12H37N3O4. The standard InChI is InChI=1S/3C2H7N.C2H4O2.2C2H5O/c3*1-3-2;1-2(3)4;2*1-2-3/h3*3H,1-2H3;1H3,(H,3,4);2*2H2,1H3/q;;;;2*-1/p+2. The van der Waals surface area contributed by atoms with Gasteiger partial charge in [0.1, 0.15) is 0 Å². The molecule has 0 atom stereocenters. The zero-order valence-corrected chi connectivity index (χ0v) is 14.3. The fourth-order valence-corrected chi connectivity index (χ4v) is 0. The maximum Gasteiger partial charge on any atom is 0.0647 e. The first kappa shape index (κ1) is 36.2. The van der Waals surface area contributed by atoms with Crippen LogP contribution in [-0.4, -0.2) is 61.5 Å². The summed E-state index contributed by atoms with van der Waals surface area (Å²) in [4.78, 5) is 8.89. The number of hydrogen-bond donors (Lipinski definition) is 3. The molecule has 0 bridgehead atoms. The highest BCUT2D eigenvalue weighted by atomic mass is 16.4. The Kier molecular flexibility index (Phi) is 165. The molecule has 19 heavy (non-hydrogen) atoms. The Morgan fingerprint density at radius 3 is 0.789 bits per heavy atom. The van der Waals surface area contributed by atoms with E-state index in [1.165, 1.54) is 0 Å². The van der Waals surface area contributed by atoms with Gasteiger partial charge in [-0.1, -0.05) is 13.8 Å². The van der Waals surface area contributed by atoms with Crippen molar-refractivity contribution in [3.05, 3.63) is 0 Å². The van der Waals surface area contributed by atoms with Crippen LogP contribution in [0, 0.1) is 0 Å². The number of carbonyl (C=O) groups excluding carboxylic acids is 1. The summed E-state index contributed by atoms with van der Waals surface area (Å²) >= 11 is 0. The SMILES string of the molecule is CC(=O)[O-].CC[O-].CC[O-].C[NH2+]C.C[NH2+]C.C[NH2+]C. The van der Waals surface area contributed by atoms with E-state index >= 15 is 0 Å². The van der Waals surface area contributed by atoms with Crippen molar-refractivity contribution < 1.29 is 36.1 Å². The van der Waals surface area contributed by atoms with E-state index in [4.69, 9.17) is 20.1 Å². The van der Waals surface area contributed by atoms with E-state index in [0.29, 0.717) is 0 Å². The van der Waals surface area contributed by atoms with Gasteiger partial charge in [-0.25, -0.2) is 0 Å². The molecule has 124 valence electrons. The number of carboxylic acid groups (broad SMARTS) is 1. The minimum Gasteiger partial charge on any atom is -0.855 e. The van der Waals surface area contributed by atoms with E-state index in [2.05, 4.69) is 0 Å². The number of hydrogen-bond acceptors (Lipinski definition) is 4. The number of rotatable bonds is 0. The predicted molar refractivity (Wildman–Crippen MR) is 73.1 cm³/mol. The Bertz CT molecular complexity index is 81.4. The van der Waals surface area contributed by atoms with Gasteiger partial charge in [-0.05, 0) is 6.92 Å². The van der Waals surface area contributed by atoms with Crippen molar-refractivity contribution in [2.45, 2.75) is 20.8 Å². The van der Waals surface area contributed by atoms with Crippen LogP contribution in [0.5, 0.6) is 0 Å². The molecule has 0 unspecified atom stereocenters. The van der Waals surface area contributed by atoms with Crippen molar-refractivity contribution in [2.75, 3.05) is 55.5 Å². The molecule has 0 rings (SSSR count). The predicted octanol–water partition coefficient (Wildman–Crippen LogP) is -6.08. The Balaban J connectivity index is -0.0000000268. The summed E-state index contributed by atoms with van der Waals surface area (Å²) in [5.74, 6) is -1.08. The van der Waals surface area contributed by atoms with E-state index in [-0.39, 0.29) is 13.2 Å². The fourth-order valence-electron chi connectivity index (χ4n) is 0. The highest BCUT2D eigenvalue weighted by molar-refractivity contribution is 5.60. The molecule has 0 heterocycles. The summed E-state index contributed by atoms with van der Waals surface area (Å²) in [6, 6.07) is 0. The molecular weight excluding hydrogens is 250 g/mol. The van der Waals surface area contributed by atoms with Crippen LogP contribution in [0.15, 0.2) is 0 Å². The summed E-state index contributed by atoms with van der Waals surface area (Å²) in [5.41, 5.74) is 0. The summed E-state index contributed by atoms with van der Waals surface area (Å²) < 4.78 is 0. The van der Waals surface area contributed by atoms with E-state index in [1.54, 1.807) is 13.8 Å². The molecule has 0 radical (unpaired) electrons. The van der Waals surface area contributed by atoms with Crippen molar-refractivity contribution in [1.82, 2.24) is 0 Å². The lowest BCUT2D eigenvalue weighted by Gasteiger charge is -1.79. The van der Waals surface area contributed by atoms with Crippen molar-refractivity contribution in [3.8, 4) is 0 Å². The van der Waals surface area contributed by atoms with Crippen molar-refractivity contribution in [3.63, 3.8) is 0 Å². The minimum atomic E-state index is -1.08. The van der Waals surface area contributed by atoms with Gasteiger partial charge in [-0.2, -0.15) is 0 Å². The normalized spacial score (nSPS) is 6.05. The second-order valence-electron chi connectivity index (χ2n) is 2.80. The monoisotopic (exact) mass is 287 g/mol. The number of aliphatic carboxylic acids is 1. The summed E-state index contributed by atoms with van der Waals surface area (Å²) in [6.07, 6.45) is 0. The molecule has 0 saturated heterocycles. The Labute approximate surface area is 119 Å². The zero-order chi connectivity index (χ0) is 17.1. The quantitative estimate of drug-likeness (QED) is 0.408. The molecule has 0 aliphatic heterocycles. The number of carbonyl (C=O) groups is 1. The van der Waals surface area contributed by atoms with Crippen LogP contribution in [0.3, 0.4) is 0 Å². The third-order valence-corrected chi connectivity index (χ3v) is 0. The van der Waals surface area contributed by atoms with Crippen LogP contribution in [-0.2, 0) is 4.79 Å². The first-order valence-corrected chi connectivity index (χ1v) is 6.36. The Morgan fingerprint density at radius 2 is 0.789 bits per heavy atom. The van der Waals surface area contributed by atoms with Gasteiger partial charge in [0, 0.05) is 5.97 Å². The second kappa shape index (κ2) is 86.5. The number of nitrogens with two attached hydrogens (primary N) is 3. The third kappa shape index (κ3) is 7560. The third-order valence-electron chi connectivity index (χ3n) is 0. The molecule has 7 nitrogen and oxygen atoms in total. The molecule has 0 fully saturated rings. The lowest BCUT2D eigenvalue weighted by atomic mass is 10.9. The maximum atomic E-state index is 8.93. The van der Waals surface area contributed by atoms with Crippen molar-refractivity contribution in [2.24, 2.45) is 0 Å². The first-order chi connectivity index (χ1) is 8.80. The van der Waals surface area contributed by atoms with Crippen molar-refractivity contribution >= 4 is 5.97 Å². The molecule has 0 saturated carbocycles. The molecule has 0 aromatic carbocycles. The summed E-state index contributed by atoms with van der Waals surface area (Å²) in [6.45, 7) is 4.11. The topological polar surface area (TPSA) is 136 Å². The van der Waals surface area contributed by atoms with E-state index in [0.717, 1.165) is 6.92 Å². The molecule has 0 spiro atoms. The highest BCUT2D eigenvalue weighted by Gasteiger charge is 1.46. The van der Waals surface area contributed by atoms with Crippen LogP contribution in [0.25, 0.3) is 0 Å². The first-order valence-electron chi connectivity index (χ1n) is 6.36. The lowest BCUT2D eigenvalue weighted by molar-refractivity contribution is -0.597. The average molecular weight is 287 g/mol. The van der Waals surface area contributed by atoms with Crippen LogP contribution < -0.4 is 31.3 Å². The van der Waals surface area contributed by atoms with E-state index < -0.39 is 5.97 Å². The smallest absolute Gasteiger partial charge is 0.0647 e. The maximum absolute atomic E-state index is 8.93. The molecule has 0 aliphatic rings. The summed E-state index contributed by atoms with van der Waals surface area (Å²) in [7, 11) is 12.0. The molecule has 7 heteroatoms. The van der Waals surface area contributed by atoms with Crippen LogP contribution >= 0.6 is 0 Å². The van der Waals surface area contributed by atoms with Gasteiger partial charge in [-0.3, -0.25) is 0 Å². The second-order valence-corrected chi connectivity index (χ2v) is 2.80. The van der Waals surface area contributed by atoms with Gasteiger partial charge in [-0.15, -0.1) is 13.2 Å². The van der Waals surface area contributed by atoms with Crippen LogP contribution in [0.4, 0.5) is 0 Å². The molecule has 0 aromatic heterocycles. The Morgan fingerprint density at radius 1 is 0.789 bits per heavy atom. The minimum absolute atomic E-state index is 0. The van der Waals surface area contributed by atoms with Gasteiger partial charge < -0.3 is 36.1 Å². The van der Waals surface area contributed by atoms with Gasteiger partial charge in [0.05, 0.1) is 42.3 Å². The van der Waals surface area contributed by atoms with Gasteiger partial charge in [0.2, 0.25) is 0 Å². The Hall–Kier alpha value is -0.730. The summed E-state index contributed by atoms with van der Waals surface area (Å²) in [5, 5.41) is 32.8.